The normalized spacial score (nSPS) is 18.0. The summed E-state index contributed by atoms with van der Waals surface area (Å²) < 4.78 is 1.83. The Bertz CT molecular complexity index is 826. The summed E-state index contributed by atoms with van der Waals surface area (Å²) in [4.78, 5) is 11.5. The first-order valence-electron chi connectivity index (χ1n) is 9.26. The maximum absolute atomic E-state index is 4.62. The first-order valence-corrected chi connectivity index (χ1v) is 9.26. The smallest absolute Gasteiger partial charge is 0.163 e. The minimum Gasteiger partial charge on any atom is -0.353 e. The summed E-state index contributed by atoms with van der Waals surface area (Å²) in [6.07, 6.45) is 11.0. The molecule has 130 valence electrons. The van der Waals surface area contributed by atoms with Crippen LogP contribution < -0.4 is 4.90 Å². The van der Waals surface area contributed by atoms with Gasteiger partial charge in [0.25, 0.3) is 0 Å². The van der Waals surface area contributed by atoms with Crippen LogP contribution in [0.25, 0.3) is 11.0 Å². The fourth-order valence-electron chi connectivity index (χ4n) is 3.94. The number of anilines is 1. The highest BCUT2D eigenvalue weighted by Gasteiger charge is 2.25. The summed E-state index contributed by atoms with van der Waals surface area (Å²) in [6.45, 7) is 1.08. The second-order valence-corrected chi connectivity index (χ2v) is 6.92. The lowest BCUT2D eigenvalue weighted by molar-refractivity contribution is 0.427. The predicted octanol–water partition coefficient (Wildman–Crippen LogP) is 3.75. The van der Waals surface area contributed by atoms with Gasteiger partial charge in [0, 0.05) is 19.6 Å². The molecule has 1 fully saturated rings. The lowest BCUT2D eigenvalue weighted by atomic mass is 9.95. The highest BCUT2D eigenvalue weighted by molar-refractivity contribution is 5.86. The van der Waals surface area contributed by atoms with E-state index >= 15 is 0 Å². The molecule has 1 aromatic carbocycles. The van der Waals surface area contributed by atoms with Gasteiger partial charge in [0.15, 0.2) is 5.65 Å². The zero-order chi connectivity index (χ0) is 17.1. The number of aromatic nitrogens is 4. The molecule has 0 spiro atoms. The fourth-order valence-corrected chi connectivity index (χ4v) is 3.94. The van der Waals surface area contributed by atoms with Crippen molar-refractivity contribution in [2.75, 3.05) is 11.4 Å². The van der Waals surface area contributed by atoms with Crippen molar-refractivity contribution in [3.63, 3.8) is 0 Å². The number of aryl methyl sites for hydroxylation is 2. The van der Waals surface area contributed by atoms with E-state index in [1.54, 1.807) is 6.33 Å². The summed E-state index contributed by atoms with van der Waals surface area (Å²) >= 11 is 0. The van der Waals surface area contributed by atoms with Crippen LogP contribution in [0.1, 0.15) is 37.7 Å². The molecular weight excluding hydrogens is 310 g/mol. The van der Waals surface area contributed by atoms with Crippen LogP contribution in [0.2, 0.25) is 0 Å². The Morgan fingerprint density at radius 2 is 2.00 bits per heavy atom. The molecule has 0 amide bonds. The largest absolute Gasteiger partial charge is 0.353 e. The number of hydrogen-bond donors (Lipinski definition) is 0. The third kappa shape index (κ3) is 3.36. The molecule has 5 nitrogen and oxygen atoms in total. The van der Waals surface area contributed by atoms with E-state index in [2.05, 4.69) is 50.3 Å². The van der Waals surface area contributed by atoms with Gasteiger partial charge in [0.05, 0.1) is 11.6 Å². The second kappa shape index (κ2) is 7.21. The molecule has 0 radical (unpaired) electrons. The van der Waals surface area contributed by atoms with Crippen molar-refractivity contribution in [3.05, 3.63) is 48.4 Å². The molecule has 5 heteroatoms. The maximum atomic E-state index is 4.62. The Labute approximate surface area is 148 Å². The zero-order valence-electron chi connectivity index (χ0n) is 14.8. The SMILES string of the molecule is Cn1ncc2c(N3CCCC[C@@H]3CCCc3ccccc3)ncnc21. The van der Waals surface area contributed by atoms with Crippen LogP contribution in [-0.2, 0) is 13.5 Å². The maximum Gasteiger partial charge on any atom is 0.163 e. The van der Waals surface area contributed by atoms with Gasteiger partial charge in [0.1, 0.15) is 12.1 Å². The first kappa shape index (κ1) is 16.1. The molecule has 1 aliphatic heterocycles. The van der Waals surface area contributed by atoms with Gasteiger partial charge >= 0.3 is 0 Å². The number of benzene rings is 1. The molecule has 25 heavy (non-hydrogen) atoms. The minimum absolute atomic E-state index is 0.566. The van der Waals surface area contributed by atoms with Gasteiger partial charge in [0.2, 0.25) is 0 Å². The zero-order valence-corrected chi connectivity index (χ0v) is 14.8. The Morgan fingerprint density at radius 3 is 2.88 bits per heavy atom. The fraction of sp³-hybridized carbons (Fsp3) is 0.450. The molecule has 0 N–H and O–H groups in total. The highest BCUT2D eigenvalue weighted by atomic mass is 15.3. The molecule has 3 aromatic rings. The van der Waals surface area contributed by atoms with E-state index in [0.717, 1.165) is 29.8 Å². The van der Waals surface area contributed by atoms with Crippen molar-refractivity contribution in [2.45, 2.75) is 44.6 Å². The van der Waals surface area contributed by atoms with Crippen LogP contribution in [0.5, 0.6) is 0 Å². The molecule has 1 saturated heterocycles. The van der Waals surface area contributed by atoms with Crippen molar-refractivity contribution < 1.29 is 0 Å². The standard InChI is InChI=1S/C20H25N5/c1-24-19-18(14-23-24)20(22-15-21-19)25-13-6-5-11-17(25)12-7-10-16-8-3-2-4-9-16/h2-4,8-9,14-15,17H,5-7,10-13H2,1H3/t17-/m1/s1. The molecular formula is C20H25N5. The van der Waals surface area contributed by atoms with E-state index < -0.39 is 0 Å². The van der Waals surface area contributed by atoms with Gasteiger partial charge in [-0.3, -0.25) is 4.68 Å². The lowest BCUT2D eigenvalue weighted by Gasteiger charge is -2.37. The van der Waals surface area contributed by atoms with Gasteiger partial charge in [-0.1, -0.05) is 30.3 Å². The van der Waals surface area contributed by atoms with Crippen LogP contribution in [0, 0.1) is 0 Å². The highest BCUT2D eigenvalue weighted by Crippen LogP contribution is 2.30. The van der Waals surface area contributed by atoms with E-state index in [1.807, 2.05) is 17.9 Å². The molecule has 0 saturated carbocycles. The van der Waals surface area contributed by atoms with Crippen LogP contribution in [0.4, 0.5) is 5.82 Å². The van der Waals surface area contributed by atoms with Crippen molar-refractivity contribution in [1.29, 1.82) is 0 Å². The first-order chi connectivity index (χ1) is 12.3. The molecule has 0 unspecified atom stereocenters. The quantitative estimate of drug-likeness (QED) is 0.712. The average Bonchev–Trinajstić information content (AvgIpc) is 3.04. The molecule has 0 bridgehead atoms. The summed E-state index contributed by atoms with van der Waals surface area (Å²) in [6, 6.07) is 11.4. The second-order valence-electron chi connectivity index (χ2n) is 6.92. The Kier molecular flexibility index (Phi) is 4.63. The van der Waals surface area contributed by atoms with Crippen LogP contribution >= 0.6 is 0 Å². The van der Waals surface area contributed by atoms with Gasteiger partial charge in [-0.15, -0.1) is 0 Å². The van der Waals surface area contributed by atoms with Gasteiger partial charge in [-0.25, -0.2) is 9.97 Å². The average molecular weight is 335 g/mol. The van der Waals surface area contributed by atoms with Crippen LogP contribution in [0.3, 0.4) is 0 Å². The number of rotatable bonds is 5. The topological polar surface area (TPSA) is 46.8 Å². The Balaban J connectivity index is 1.50. The van der Waals surface area contributed by atoms with Crippen LogP contribution in [0.15, 0.2) is 42.9 Å². The number of piperidine rings is 1. The van der Waals surface area contributed by atoms with Gasteiger partial charge in [-0.05, 0) is 44.1 Å². The Hall–Kier alpha value is -2.43. The van der Waals surface area contributed by atoms with E-state index in [-0.39, 0.29) is 0 Å². The van der Waals surface area contributed by atoms with Gasteiger partial charge in [-0.2, -0.15) is 5.10 Å². The summed E-state index contributed by atoms with van der Waals surface area (Å²) in [5.41, 5.74) is 2.35. The summed E-state index contributed by atoms with van der Waals surface area (Å²) in [7, 11) is 1.94. The number of nitrogens with zero attached hydrogens (tertiary/aromatic N) is 5. The lowest BCUT2D eigenvalue weighted by Crippen LogP contribution is -2.40. The van der Waals surface area contributed by atoms with E-state index in [0.29, 0.717) is 6.04 Å². The third-order valence-corrected chi connectivity index (χ3v) is 5.25. The van der Waals surface area contributed by atoms with Gasteiger partial charge < -0.3 is 4.90 Å². The molecule has 1 atom stereocenters. The number of fused-ring (bicyclic) bond motifs is 1. The van der Waals surface area contributed by atoms with E-state index in [1.165, 1.54) is 37.7 Å². The predicted molar refractivity (Wildman–Crippen MR) is 101 cm³/mol. The molecule has 3 heterocycles. The van der Waals surface area contributed by atoms with Crippen molar-refractivity contribution >= 4 is 16.9 Å². The third-order valence-electron chi connectivity index (χ3n) is 5.25. The van der Waals surface area contributed by atoms with E-state index in [4.69, 9.17) is 0 Å². The summed E-state index contributed by atoms with van der Waals surface area (Å²) in [5, 5.41) is 5.44. The molecule has 1 aliphatic rings. The van der Waals surface area contributed by atoms with Crippen molar-refractivity contribution in [3.8, 4) is 0 Å². The molecule has 0 aliphatic carbocycles. The minimum atomic E-state index is 0.566. The molecule has 2 aromatic heterocycles. The number of hydrogen-bond acceptors (Lipinski definition) is 4. The summed E-state index contributed by atoms with van der Waals surface area (Å²) in [5.74, 6) is 1.06. The monoisotopic (exact) mass is 335 g/mol. The van der Waals surface area contributed by atoms with E-state index in [9.17, 15) is 0 Å². The van der Waals surface area contributed by atoms with Crippen LogP contribution in [-0.4, -0.2) is 32.3 Å². The molecule has 4 rings (SSSR count). The Morgan fingerprint density at radius 1 is 1.12 bits per heavy atom. The van der Waals surface area contributed by atoms with Crippen molar-refractivity contribution in [1.82, 2.24) is 19.7 Å². The van der Waals surface area contributed by atoms with Crippen molar-refractivity contribution in [2.24, 2.45) is 7.05 Å².